The number of nitrogens with two attached hydrogens (primary N) is 1. The maximum absolute atomic E-state index is 13.4. The molecule has 3 nitrogen and oxygen atoms in total. The fourth-order valence-corrected chi connectivity index (χ4v) is 2.85. The molecule has 0 atom stereocenters. The SMILES string of the molecule is CC1=CC(C(F)(F)F)(C(F)(F)F)C(C#N)=C(N)N1c1ccc(C(F)(F)F)cc1. The van der Waals surface area contributed by atoms with Crippen LogP contribution >= 0.6 is 0 Å². The van der Waals surface area contributed by atoms with Crippen molar-refractivity contribution >= 4 is 5.69 Å². The Morgan fingerprint density at radius 1 is 0.929 bits per heavy atom. The van der Waals surface area contributed by atoms with Gasteiger partial charge in [-0.1, -0.05) is 0 Å². The molecule has 0 radical (unpaired) electrons. The van der Waals surface area contributed by atoms with Crippen LogP contribution in [-0.4, -0.2) is 12.4 Å². The van der Waals surface area contributed by atoms with Crippen molar-refractivity contribution in [3.8, 4) is 6.07 Å². The first-order chi connectivity index (χ1) is 12.6. The van der Waals surface area contributed by atoms with Gasteiger partial charge in [-0.3, -0.25) is 0 Å². The van der Waals surface area contributed by atoms with Gasteiger partial charge in [-0.05, 0) is 37.3 Å². The fraction of sp³-hybridized carbons (Fsp3) is 0.312. The van der Waals surface area contributed by atoms with Crippen LogP contribution in [0.15, 0.2) is 47.4 Å². The second-order valence-corrected chi connectivity index (χ2v) is 5.84. The van der Waals surface area contributed by atoms with Gasteiger partial charge in [0.1, 0.15) is 11.9 Å². The van der Waals surface area contributed by atoms with Gasteiger partial charge in [-0.15, -0.1) is 0 Å². The third kappa shape index (κ3) is 3.14. The van der Waals surface area contributed by atoms with E-state index in [1.165, 1.54) is 0 Å². The van der Waals surface area contributed by atoms with Crippen LogP contribution in [0.3, 0.4) is 0 Å². The molecule has 1 aromatic rings. The average molecular weight is 415 g/mol. The minimum atomic E-state index is -5.94. The molecule has 0 saturated heterocycles. The first-order valence-electron chi connectivity index (χ1n) is 7.28. The highest BCUT2D eigenvalue weighted by Crippen LogP contribution is 2.58. The van der Waals surface area contributed by atoms with E-state index in [2.05, 4.69) is 0 Å². The number of alkyl halides is 9. The zero-order valence-electron chi connectivity index (χ0n) is 13.8. The Morgan fingerprint density at radius 3 is 1.75 bits per heavy atom. The van der Waals surface area contributed by atoms with Gasteiger partial charge in [0.15, 0.2) is 0 Å². The highest BCUT2D eigenvalue weighted by Gasteiger charge is 2.73. The predicted molar refractivity (Wildman–Crippen MR) is 79.0 cm³/mol. The standard InChI is InChI=1S/C16H10F9N3/c1-8-6-13(15(20,21)22,16(23,24)25)11(7-26)12(27)28(8)10-4-2-9(3-5-10)14(17,18)19/h2-6H,27H2,1H3. The fourth-order valence-electron chi connectivity index (χ4n) is 2.85. The molecule has 1 aliphatic rings. The summed E-state index contributed by atoms with van der Waals surface area (Å²) in [4.78, 5) is 0.647. The van der Waals surface area contributed by atoms with E-state index < -0.39 is 46.6 Å². The molecule has 2 rings (SSSR count). The van der Waals surface area contributed by atoms with Crippen LogP contribution in [-0.2, 0) is 6.18 Å². The number of rotatable bonds is 1. The van der Waals surface area contributed by atoms with Crippen molar-refractivity contribution in [1.29, 1.82) is 5.26 Å². The molecule has 1 heterocycles. The van der Waals surface area contributed by atoms with E-state index >= 15 is 0 Å². The van der Waals surface area contributed by atoms with Crippen LogP contribution in [0.5, 0.6) is 0 Å². The van der Waals surface area contributed by atoms with Crippen LogP contribution in [0.25, 0.3) is 0 Å². The summed E-state index contributed by atoms with van der Waals surface area (Å²) in [5.41, 5.74) is -2.98. The summed E-state index contributed by atoms with van der Waals surface area (Å²) in [6.45, 7) is 0.866. The Labute approximate surface area is 152 Å². The molecule has 2 N–H and O–H groups in total. The summed E-state index contributed by atoms with van der Waals surface area (Å²) in [7, 11) is 0. The number of benzene rings is 1. The highest BCUT2D eigenvalue weighted by atomic mass is 19.4. The Balaban J connectivity index is 2.71. The zero-order chi connectivity index (χ0) is 21.7. The molecule has 0 spiro atoms. The van der Waals surface area contributed by atoms with Crippen molar-refractivity contribution in [2.75, 3.05) is 4.90 Å². The average Bonchev–Trinajstić information content (AvgIpc) is 2.51. The molecule has 12 heteroatoms. The molecule has 28 heavy (non-hydrogen) atoms. The lowest BCUT2D eigenvalue weighted by atomic mass is 9.75. The van der Waals surface area contributed by atoms with E-state index in [-0.39, 0.29) is 11.8 Å². The maximum atomic E-state index is 13.4. The van der Waals surface area contributed by atoms with Crippen molar-refractivity contribution in [3.63, 3.8) is 0 Å². The topological polar surface area (TPSA) is 53.1 Å². The van der Waals surface area contributed by atoms with Gasteiger partial charge in [0, 0.05) is 11.4 Å². The summed E-state index contributed by atoms with van der Waals surface area (Å²) in [5.74, 6) is -1.18. The van der Waals surface area contributed by atoms with Crippen molar-refractivity contribution in [2.24, 2.45) is 11.1 Å². The van der Waals surface area contributed by atoms with Gasteiger partial charge < -0.3 is 10.6 Å². The Morgan fingerprint density at radius 2 is 1.39 bits per heavy atom. The molecule has 0 amide bonds. The van der Waals surface area contributed by atoms with Crippen LogP contribution < -0.4 is 10.6 Å². The molecule has 0 bridgehead atoms. The van der Waals surface area contributed by atoms with E-state index in [1.807, 2.05) is 0 Å². The lowest BCUT2D eigenvalue weighted by molar-refractivity contribution is -0.306. The lowest BCUT2D eigenvalue weighted by Crippen LogP contribution is -2.54. The number of nitrogens with zero attached hydrogens (tertiary/aromatic N) is 2. The molecule has 0 aromatic heterocycles. The van der Waals surface area contributed by atoms with Crippen LogP contribution in [0.2, 0.25) is 0 Å². The molecular weight excluding hydrogens is 405 g/mol. The van der Waals surface area contributed by atoms with Crippen LogP contribution in [0.1, 0.15) is 12.5 Å². The summed E-state index contributed by atoms with van der Waals surface area (Å²) in [6, 6.07) is 3.65. The van der Waals surface area contributed by atoms with Gasteiger partial charge >= 0.3 is 18.5 Å². The highest BCUT2D eigenvalue weighted by molar-refractivity contribution is 5.64. The largest absolute Gasteiger partial charge is 0.416 e. The van der Waals surface area contributed by atoms with Crippen molar-refractivity contribution in [3.05, 3.63) is 53.0 Å². The predicted octanol–water partition coefficient (Wildman–Crippen LogP) is 5.23. The number of hydrogen-bond acceptors (Lipinski definition) is 3. The Kier molecular flexibility index (Phi) is 4.87. The van der Waals surface area contributed by atoms with E-state index in [4.69, 9.17) is 11.0 Å². The van der Waals surface area contributed by atoms with Crippen LogP contribution in [0.4, 0.5) is 45.2 Å². The van der Waals surface area contributed by atoms with E-state index in [9.17, 15) is 39.5 Å². The number of hydrogen-bond donors (Lipinski definition) is 1. The van der Waals surface area contributed by atoms with E-state index in [1.54, 1.807) is 0 Å². The second kappa shape index (κ2) is 6.35. The summed E-state index contributed by atoms with van der Waals surface area (Å²) in [6.07, 6.45) is -16.8. The first kappa shape index (κ1) is 21.5. The lowest BCUT2D eigenvalue weighted by Gasteiger charge is -2.41. The third-order valence-corrected chi connectivity index (χ3v) is 4.13. The van der Waals surface area contributed by atoms with Gasteiger partial charge in [-0.25, -0.2) is 0 Å². The van der Waals surface area contributed by atoms with Crippen molar-refractivity contribution in [2.45, 2.75) is 25.5 Å². The number of halogens is 9. The van der Waals surface area contributed by atoms with Gasteiger partial charge in [0.05, 0.1) is 11.1 Å². The van der Waals surface area contributed by atoms with Crippen molar-refractivity contribution in [1.82, 2.24) is 0 Å². The second-order valence-electron chi connectivity index (χ2n) is 5.84. The quantitative estimate of drug-likeness (QED) is 0.639. The summed E-state index contributed by atoms with van der Waals surface area (Å²) < 4.78 is 119. The number of nitriles is 1. The van der Waals surface area contributed by atoms with Crippen molar-refractivity contribution < 1.29 is 39.5 Å². The molecule has 0 aliphatic carbocycles. The molecule has 1 aliphatic heterocycles. The molecule has 0 unspecified atom stereocenters. The summed E-state index contributed by atoms with van der Waals surface area (Å²) >= 11 is 0. The minimum Gasteiger partial charge on any atom is -0.384 e. The Bertz CT molecular complexity index is 851. The summed E-state index contributed by atoms with van der Waals surface area (Å²) in [5, 5.41) is 9.03. The monoisotopic (exact) mass is 415 g/mol. The van der Waals surface area contributed by atoms with Gasteiger partial charge in [0.2, 0.25) is 5.41 Å². The smallest absolute Gasteiger partial charge is 0.384 e. The third-order valence-electron chi connectivity index (χ3n) is 4.13. The molecule has 0 saturated carbocycles. The minimum absolute atomic E-state index is 0.209. The first-order valence-corrected chi connectivity index (χ1v) is 7.28. The normalized spacial score (nSPS) is 18.0. The molecule has 1 aromatic carbocycles. The molecule has 0 fully saturated rings. The van der Waals surface area contributed by atoms with Crippen LogP contribution in [0, 0.1) is 16.7 Å². The molecular formula is C16H10F9N3. The number of anilines is 1. The van der Waals surface area contributed by atoms with E-state index in [0.29, 0.717) is 17.0 Å². The molecule has 152 valence electrons. The van der Waals surface area contributed by atoms with Gasteiger partial charge in [-0.2, -0.15) is 44.8 Å². The maximum Gasteiger partial charge on any atom is 0.416 e. The van der Waals surface area contributed by atoms with E-state index in [0.717, 1.165) is 25.1 Å². The number of allylic oxidation sites excluding steroid dienone is 3. The zero-order valence-corrected chi connectivity index (χ0v) is 13.8. The Hall–Kier alpha value is -2.84. The van der Waals surface area contributed by atoms with Gasteiger partial charge in [0.25, 0.3) is 0 Å².